The van der Waals surface area contributed by atoms with Crippen LogP contribution in [0, 0.1) is 11.7 Å². The molecule has 0 amide bonds. The summed E-state index contributed by atoms with van der Waals surface area (Å²) in [6.45, 7) is 5.51. The summed E-state index contributed by atoms with van der Waals surface area (Å²) in [5, 5.41) is 0.506. The number of pyridine rings is 1. The summed E-state index contributed by atoms with van der Waals surface area (Å²) in [4.78, 5) is 16.0. The summed E-state index contributed by atoms with van der Waals surface area (Å²) in [7, 11) is 0. The topological polar surface area (TPSA) is 51.1 Å². The molecule has 0 atom stereocenters. The number of aromatic nitrogens is 3. The summed E-state index contributed by atoms with van der Waals surface area (Å²) in [6.07, 6.45) is 8.42. The minimum atomic E-state index is -0.288. The first-order valence-electron chi connectivity index (χ1n) is 10.7. The van der Waals surface area contributed by atoms with Gasteiger partial charge in [-0.3, -0.25) is 9.97 Å². The Morgan fingerprint density at radius 3 is 2.58 bits per heavy atom. The zero-order valence-corrected chi connectivity index (χ0v) is 18.4. The van der Waals surface area contributed by atoms with Crippen LogP contribution in [0.4, 0.5) is 10.2 Å². The van der Waals surface area contributed by atoms with E-state index in [0.717, 1.165) is 62.5 Å². The molecular formula is C24H26ClFN4O. The van der Waals surface area contributed by atoms with Crippen molar-refractivity contribution >= 4 is 17.4 Å². The zero-order chi connectivity index (χ0) is 21.6. The predicted octanol–water partition coefficient (Wildman–Crippen LogP) is 5.64. The van der Waals surface area contributed by atoms with Gasteiger partial charge in [-0.25, -0.2) is 9.37 Å². The molecule has 5 nitrogen and oxygen atoms in total. The van der Waals surface area contributed by atoms with E-state index in [1.165, 1.54) is 12.1 Å². The lowest BCUT2D eigenvalue weighted by atomic mass is 9.94. The number of benzene rings is 1. The van der Waals surface area contributed by atoms with Gasteiger partial charge in [0.2, 0.25) is 0 Å². The average molecular weight is 441 g/mol. The number of hydrogen-bond donors (Lipinski definition) is 0. The van der Waals surface area contributed by atoms with Crippen molar-refractivity contribution < 1.29 is 9.13 Å². The molecule has 1 fully saturated rings. The highest BCUT2D eigenvalue weighted by Gasteiger charge is 2.22. The van der Waals surface area contributed by atoms with E-state index in [9.17, 15) is 4.39 Å². The van der Waals surface area contributed by atoms with Gasteiger partial charge in [0.15, 0.2) is 0 Å². The van der Waals surface area contributed by atoms with Crippen LogP contribution in [0.25, 0.3) is 22.5 Å². The number of anilines is 1. The van der Waals surface area contributed by atoms with Crippen LogP contribution in [0.15, 0.2) is 48.9 Å². The Labute approximate surface area is 187 Å². The van der Waals surface area contributed by atoms with Crippen LogP contribution in [0.3, 0.4) is 0 Å². The average Bonchev–Trinajstić information content (AvgIpc) is 2.80. The molecular weight excluding hydrogens is 415 g/mol. The number of ether oxygens (including phenoxy) is 1. The summed E-state index contributed by atoms with van der Waals surface area (Å²) < 4.78 is 19.0. The standard InChI is InChI=1S/C24H26ClFN4O/c1-2-31-14-10-17-8-12-30(13-9-17)22-16-28-23(18-3-5-19(26)6-4-18)24(29-22)20-7-11-27-15-21(20)25/h3-7,11,15-17H,2,8-10,12-14H2,1H3. The SMILES string of the molecule is CCOCCC1CCN(c2cnc(-c3ccc(F)cc3)c(-c3ccncc3Cl)n2)CC1. The van der Waals surface area contributed by atoms with E-state index in [1.54, 1.807) is 30.7 Å². The van der Waals surface area contributed by atoms with E-state index < -0.39 is 0 Å². The van der Waals surface area contributed by atoms with Crippen LogP contribution in [0.2, 0.25) is 5.02 Å². The van der Waals surface area contributed by atoms with Crippen molar-refractivity contribution in [3.05, 3.63) is 59.8 Å². The Morgan fingerprint density at radius 1 is 1.10 bits per heavy atom. The predicted molar refractivity (Wildman–Crippen MR) is 122 cm³/mol. The monoisotopic (exact) mass is 440 g/mol. The van der Waals surface area contributed by atoms with Crippen LogP contribution in [-0.4, -0.2) is 41.3 Å². The second-order valence-corrected chi connectivity index (χ2v) is 8.11. The summed E-state index contributed by atoms with van der Waals surface area (Å²) >= 11 is 6.45. The fourth-order valence-electron chi connectivity index (χ4n) is 3.95. The molecule has 1 aliphatic rings. The van der Waals surface area contributed by atoms with Crippen molar-refractivity contribution in [2.24, 2.45) is 5.92 Å². The van der Waals surface area contributed by atoms with Gasteiger partial charge < -0.3 is 9.64 Å². The first-order valence-corrected chi connectivity index (χ1v) is 11.1. The molecule has 0 radical (unpaired) electrons. The van der Waals surface area contributed by atoms with Gasteiger partial charge in [-0.1, -0.05) is 11.6 Å². The molecule has 7 heteroatoms. The third kappa shape index (κ3) is 5.20. The van der Waals surface area contributed by atoms with Crippen LogP contribution < -0.4 is 4.90 Å². The summed E-state index contributed by atoms with van der Waals surface area (Å²) in [5.74, 6) is 1.23. The molecule has 1 aliphatic heterocycles. The molecule has 1 saturated heterocycles. The van der Waals surface area contributed by atoms with Crippen molar-refractivity contribution in [2.75, 3.05) is 31.2 Å². The number of halogens is 2. The molecule has 0 saturated carbocycles. The van der Waals surface area contributed by atoms with Gasteiger partial charge >= 0.3 is 0 Å². The van der Waals surface area contributed by atoms with Crippen LogP contribution in [-0.2, 0) is 4.74 Å². The second-order valence-electron chi connectivity index (χ2n) is 7.70. The second kappa shape index (κ2) is 10.2. The Kier molecular flexibility index (Phi) is 7.10. The summed E-state index contributed by atoms with van der Waals surface area (Å²) in [6, 6.07) is 8.11. The van der Waals surface area contributed by atoms with Gasteiger partial charge in [-0.15, -0.1) is 0 Å². The van der Waals surface area contributed by atoms with E-state index >= 15 is 0 Å². The maximum absolute atomic E-state index is 13.4. The van der Waals surface area contributed by atoms with Crippen molar-refractivity contribution in [3.8, 4) is 22.5 Å². The maximum atomic E-state index is 13.4. The Hall–Kier alpha value is -2.57. The van der Waals surface area contributed by atoms with E-state index in [2.05, 4.69) is 9.88 Å². The normalized spacial score (nSPS) is 14.7. The Bertz CT molecular complexity index is 1010. The minimum absolute atomic E-state index is 0.288. The smallest absolute Gasteiger partial charge is 0.147 e. The molecule has 2 aromatic heterocycles. The Balaban J connectivity index is 1.62. The number of rotatable bonds is 7. The van der Waals surface area contributed by atoms with Crippen LogP contribution >= 0.6 is 11.6 Å². The van der Waals surface area contributed by atoms with Gasteiger partial charge in [0.1, 0.15) is 17.3 Å². The molecule has 0 N–H and O–H groups in total. The number of hydrogen-bond acceptors (Lipinski definition) is 5. The first kappa shape index (κ1) is 21.7. The Morgan fingerprint density at radius 2 is 1.87 bits per heavy atom. The van der Waals surface area contributed by atoms with Crippen molar-refractivity contribution in [3.63, 3.8) is 0 Å². The zero-order valence-electron chi connectivity index (χ0n) is 17.6. The van der Waals surface area contributed by atoms with Gasteiger partial charge in [-0.05, 0) is 62.4 Å². The molecule has 3 heterocycles. The fourth-order valence-corrected chi connectivity index (χ4v) is 4.16. The number of nitrogens with zero attached hydrogens (tertiary/aromatic N) is 4. The van der Waals surface area contributed by atoms with Crippen molar-refractivity contribution in [1.82, 2.24) is 15.0 Å². The van der Waals surface area contributed by atoms with Gasteiger partial charge in [0.05, 0.1) is 16.9 Å². The maximum Gasteiger partial charge on any atom is 0.147 e. The lowest BCUT2D eigenvalue weighted by Gasteiger charge is -2.33. The molecule has 4 rings (SSSR count). The van der Waals surface area contributed by atoms with Crippen molar-refractivity contribution in [2.45, 2.75) is 26.2 Å². The highest BCUT2D eigenvalue weighted by Crippen LogP contribution is 2.35. The lowest BCUT2D eigenvalue weighted by molar-refractivity contribution is 0.127. The molecule has 0 bridgehead atoms. The van der Waals surface area contributed by atoms with E-state index in [4.69, 9.17) is 26.3 Å². The molecule has 1 aromatic carbocycles. The van der Waals surface area contributed by atoms with Crippen molar-refractivity contribution in [1.29, 1.82) is 0 Å². The highest BCUT2D eigenvalue weighted by atomic mass is 35.5. The largest absolute Gasteiger partial charge is 0.382 e. The van der Waals surface area contributed by atoms with Gasteiger partial charge in [-0.2, -0.15) is 0 Å². The quantitative estimate of drug-likeness (QED) is 0.445. The van der Waals surface area contributed by atoms with E-state index in [1.807, 2.05) is 13.0 Å². The lowest BCUT2D eigenvalue weighted by Crippen LogP contribution is -2.34. The van der Waals surface area contributed by atoms with Crippen LogP contribution in [0.5, 0.6) is 0 Å². The molecule has 0 aliphatic carbocycles. The molecule has 31 heavy (non-hydrogen) atoms. The molecule has 3 aromatic rings. The number of piperidine rings is 1. The minimum Gasteiger partial charge on any atom is -0.382 e. The molecule has 0 spiro atoms. The van der Waals surface area contributed by atoms with E-state index in [-0.39, 0.29) is 5.82 Å². The van der Waals surface area contributed by atoms with Gasteiger partial charge in [0, 0.05) is 49.8 Å². The molecule has 0 unspecified atom stereocenters. The first-order chi connectivity index (χ1) is 15.2. The van der Waals surface area contributed by atoms with E-state index in [0.29, 0.717) is 22.3 Å². The molecule has 162 valence electrons. The summed E-state index contributed by atoms with van der Waals surface area (Å²) in [5.41, 5.74) is 2.90. The van der Waals surface area contributed by atoms with Gasteiger partial charge in [0.25, 0.3) is 0 Å². The third-order valence-electron chi connectivity index (χ3n) is 5.72. The highest BCUT2D eigenvalue weighted by molar-refractivity contribution is 6.33. The fraction of sp³-hybridized carbons (Fsp3) is 0.375. The third-order valence-corrected chi connectivity index (χ3v) is 6.02. The van der Waals surface area contributed by atoms with Crippen LogP contribution in [0.1, 0.15) is 26.2 Å².